The average Bonchev–Trinajstić information content (AvgIpc) is 2.05. The Kier molecular flexibility index (Phi) is 1.91. The van der Waals surface area contributed by atoms with Crippen molar-refractivity contribution >= 4 is 5.78 Å². The van der Waals surface area contributed by atoms with E-state index in [4.69, 9.17) is 4.74 Å². The molecule has 0 spiro atoms. The minimum absolute atomic E-state index is 0.204. The number of Topliss-reactive ketones (excluding diaryl/α,β-unsaturated/α-hetero) is 1. The molecule has 0 aromatic rings. The van der Waals surface area contributed by atoms with E-state index in [1.165, 1.54) is 12.0 Å². The molecule has 2 unspecified atom stereocenters. The minimum atomic E-state index is 0.204. The van der Waals surface area contributed by atoms with Gasteiger partial charge < -0.3 is 4.74 Å². The Labute approximate surface area is 72.6 Å². The molecular weight excluding hydrogens is 152 g/mol. The van der Waals surface area contributed by atoms with E-state index in [0.29, 0.717) is 11.7 Å². The molecule has 0 radical (unpaired) electrons. The lowest BCUT2D eigenvalue weighted by molar-refractivity contribution is -0.126. The third kappa shape index (κ3) is 1.15. The average molecular weight is 166 g/mol. The van der Waals surface area contributed by atoms with Crippen LogP contribution in [-0.2, 0) is 9.53 Å². The third-order valence-corrected chi connectivity index (χ3v) is 2.98. The van der Waals surface area contributed by atoms with Gasteiger partial charge in [-0.3, -0.25) is 4.79 Å². The molecule has 3 rings (SSSR count). The molecule has 0 saturated heterocycles. The Balaban J connectivity index is 2.19. The topological polar surface area (TPSA) is 26.3 Å². The molecule has 2 bridgehead atoms. The zero-order valence-corrected chi connectivity index (χ0v) is 7.38. The molecule has 0 aromatic carbocycles. The summed E-state index contributed by atoms with van der Waals surface area (Å²) < 4.78 is 4.97. The number of carbonyl (C=O) groups is 1. The lowest BCUT2D eigenvalue weighted by atomic mass is 9.67. The van der Waals surface area contributed by atoms with Crippen molar-refractivity contribution in [3.63, 3.8) is 0 Å². The van der Waals surface area contributed by atoms with Crippen LogP contribution in [0.1, 0.15) is 25.7 Å². The SMILES string of the molecule is CO/C=C1/CC2CCC1C(=O)C2. The summed E-state index contributed by atoms with van der Waals surface area (Å²) in [5, 5.41) is 0. The van der Waals surface area contributed by atoms with Gasteiger partial charge in [-0.25, -0.2) is 0 Å². The molecule has 66 valence electrons. The second-order valence-corrected chi connectivity index (χ2v) is 3.80. The first kappa shape index (κ1) is 7.84. The van der Waals surface area contributed by atoms with Crippen LogP contribution in [0.4, 0.5) is 0 Å². The van der Waals surface area contributed by atoms with Gasteiger partial charge in [0.1, 0.15) is 5.78 Å². The molecule has 0 N–H and O–H groups in total. The predicted octanol–water partition coefficient (Wildman–Crippen LogP) is 1.91. The molecule has 2 atom stereocenters. The van der Waals surface area contributed by atoms with E-state index >= 15 is 0 Å². The number of rotatable bonds is 1. The van der Waals surface area contributed by atoms with Crippen molar-refractivity contribution in [3.05, 3.63) is 11.8 Å². The van der Waals surface area contributed by atoms with Gasteiger partial charge in [0.25, 0.3) is 0 Å². The van der Waals surface area contributed by atoms with E-state index < -0.39 is 0 Å². The maximum absolute atomic E-state index is 11.4. The summed E-state index contributed by atoms with van der Waals surface area (Å²) >= 11 is 0. The van der Waals surface area contributed by atoms with Crippen molar-refractivity contribution in [3.8, 4) is 0 Å². The van der Waals surface area contributed by atoms with Crippen molar-refractivity contribution in [2.24, 2.45) is 11.8 Å². The van der Waals surface area contributed by atoms with Crippen LogP contribution in [-0.4, -0.2) is 12.9 Å². The molecule has 3 saturated carbocycles. The summed E-state index contributed by atoms with van der Waals surface area (Å²) in [4.78, 5) is 11.4. The van der Waals surface area contributed by atoms with Crippen LogP contribution in [0.5, 0.6) is 0 Å². The van der Waals surface area contributed by atoms with Crippen molar-refractivity contribution in [1.29, 1.82) is 0 Å². The van der Waals surface area contributed by atoms with E-state index in [-0.39, 0.29) is 5.92 Å². The van der Waals surface area contributed by atoms with Crippen molar-refractivity contribution in [2.45, 2.75) is 25.7 Å². The molecule has 0 amide bonds. The maximum Gasteiger partial charge on any atom is 0.140 e. The number of fused-ring (bicyclic) bond motifs is 3. The number of allylic oxidation sites excluding steroid dienone is 1. The number of ketones is 1. The number of carbonyl (C=O) groups excluding carboxylic acids is 1. The molecule has 0 aliphatic heterocycles. The molecule has 3 aliphatic carbocycles. The molecule has 12 heavy (non-hydrogen) atoms. The van der Waals surface area contributed by atoms with Gasteiger partial charge in [-0.05, 0) is 30.8 Å². The van der Waals surface area contributed by atoms with Gasteiger partial charge in [0, 0.05) is 12.3 Å². The number of ether oxygens (including phenoxy) is 1. The van der Waals surface area contributed by atoms with Crippen molar-refractivity contribution < 1.29 is 9.53 Å². The summed E-state index contributed by atoms with van der Waals surface area (Å²) in [5.41, 5.74) is 1.23. The molecular formula is C10H14O2. The van der Waals surface area contributed by atoms with Gasteiger partial charge in [0.2, 0.25) is 0 Å². The Morgan fingerprint density at radius 3 is 2.83 bits per heavy atom. The summed E-state index contributed by atoms with van der Waals surface area (Å²) in [6.07, 6.45) is 5.96. The van der Waals surface area contributed by atoms with E-state index in [0.717, 1.165) is 19.3 Å². The van der Waals surface area contributed by atoms with Crippen LogP contribution < -0.4 is 0 Å². The van der Waals surface area contributed by atoms with Crippen LogP contribution in [0.2, 0.25) is 0 Å². The monoisotopic (exact) mass is 166 g/mol. The number of hydrogen-bond donors (Lipinski definition) is 0. The highest BCUT2D eigenvalue weighted by atomic mass is 16.5. The second-order valence-electron chi connectivity index (χ2n) is 3.80. The van der Waals surface area contributed by atoms with Gasteiger partial charge in [-0.1, -0.05) is 0 Å². The number of methoxy groups -OCH3 is 1. The van der Waals surface area contributed by atoms with Crippen LogP contribution in [0.15, 0.2) is 11.8 Å². The Morgan fingerprint density at radius 2 is 2.25 bits per heavy atom. The van der Waals surface area contributed by atoms with Crippen LogP contribution in [0.3, 0.4) is 0 Å². The van der Waals surface area contributed by atoms with Gasteiger partial charge in [0.15, 0.2) is 0 Å². The van der Waals surface area contributed by atoms with Crippen molar-refractivity contribution in [1.82, 2.24) is 0 Å². The van der Waals surface area contributed by atoms with Crippen LogP contribution >= 0.6 is 0 Å². The van der Waals surface area contributed by atoms with Crippen LogP contribution in [0, 0.1) is 11.8 Å². The first-order valence-corrected chi connectivity index (χ1v) is 4.55. The molecule has 0 heterocycles. The Bertz CT molecular complexity index is 230. The fraction of sp³-hybridized carbons (Fsp3) is 0.700. The smallest absolute Gasteiger partial charge is 0.140 e. The van der Waals surface area contributed by atoms with E-state index in [1.54, 1.807) is 13.4 Å². The van der Waals surface area contributed by atoms with Gasteiger partial charge in [-0.2, -0.15) is 0 Å². The van der Waals surface area contributed by atoms with E-state index in [2.05, 4.69) is 0 Å². The fourth-order valence-corrected chi connectivity index (χ4v) is 2.42. The number of hydrogen-bond acceptors (Lipinski definition) is 2. The summed E-state index contributed by atoms with van der Waals surface area (Å²) in [6, 6.07) is 0. The lowest BCUT2D eigenvalue weighted by Crippen LogP contribution is -2.33. The molecule has 2 nitrogen and oxygen atoms in total. The predicted molar refractivity (Wildman–Crippen MR) is 45.5 cm³/mol. The standard InChI is InChI=1S/C10H14O2/c1-12-6-8-4-7-2-3-9(8)10(11)5-7/h6-7,9H,2-5H2,1H3/b8-6-. The molecule has 3 aliphatic rings. The Morgan fingerprint density at radius 1 is 1.42 bits per heavy atom. The highest BCUT2D eigenvalue weighted by Gasteiger charge is 2.37. The highest BCUT2D eigenvalue weighted by Crippen LogP contribution is 2.42. The van der Waals surface area contributed by atoms with Gasteiger partial charge in [0.05, 0.1) is 13.4 Å². The summed E-state index contributed by atoms with van der Waals surface area (Å²) in [7, 11) is 1.65. The van der Waals surface area contributed by atoms with Crippen LogP contribution in [0.25, 0.3) is 0 Å². The summed E-state index contributed by atoms with van der Waals surface area (Å²) in [6.45, 7) is 0. The lowest BCUT2D eigenvalue weighted by Gasteiger charge is -2.36. The van der Waals surface area contributed by atoms with Gasteiger partial charge >= 0.3 is 0 Å². The summed E-state index contributed by atoms with van der Waals surface area (Å²) in [5.74, 6) is 1.25. The molecule has 2 heteroatoms. The molecule has 0 aromatic heterocycles. The zero-order valence-electron chi connectivity index (χ0n) is 7.38. The van der Waals surface area contributed by atoms with E-state index in [9.17, 15) is 4.79 Å². The first-order valence-electron chi connectivity index (χ1n) is 4.55. The first-order chi connectivity index (χ1) is 5.81. The Hall–Kier alpha value is -0.790. The highest BCUT2D eigenvalue weighted by molar-refractivity contribution is 5.85. The largest absolute Gasteiger partial charge is 0.504 e. The second kappa shape index (κ2) is 2.92. The molecule has 3 fully saturated rings. The van der Waals surface area contributed by atoms with Gasteiger partial charge in [-0.15, -0.1) is 0 Å². The maximum atomic E-state index is 11.4. The normalized spacial score (nSPS) is 37.4. The van der Waals surface area contributed by atoms with Crippen molar-refractivity contribution in [2.75, 3.05) is 7.11 Å². The zero-order chi connectivity index (χ0) is 8.55. The fourth-order valence-electron chi connectivity index (χ4n) is 2.42. The van der Waals surface area contributed by atoms with E-state index in [1.807, 2.05) is 0 Å². The third-order valence-electron chi connectivity index (χ3n) is 2.98. The minimum Gasteiger partial charge on any atom is -0.504 e. The quantitative estimate of drug-likeness (QED) is 0.556.